The molecule has 0 bridgehead atoms. The summed E-state index contributed by atoms with van der Waals surface area (Å²) in [4.78, 5) is 0.0504. The lowest BCUT2D eigenvalue weighted by Crippen LogP contribution is -2.36. The molecule has 0 heterocycles. The van der Waals surface area contributed by atoms with Crippen LogP contribution in [0.5, 0.6) is 0 Å². The van der Waals surface area contributed by atoms with Gasteiger partial charge in [-0.2, -0.15) is 4.31 Å². The Bertz CT molecular complexity index is 537. The van der Waals surface area contributed by atoms with Crippen molar-refractivity contribution >= 4 is 15.7 Å². The van der Waals surface area contributed by atoms with Crippen LogP contribution in [0.3, 0.4) is 0 Å². The quantitative estimate of drug-likeness (QED) is 0.632. The first-order chi connectivity index (χ1) is 8.86. The molecule has 0 aromatic heterocycles. The van der Waals surface area contributed by atoms with Crippen molar-refractivity contribution in [2.24, 2.45) is 0 Å². The van der Waals surface area contributed by atoms with E-state index in [2.05, 4.69) is 0 Å². The van der Waals surface area contributed by atoms with Crippen LogP contribution in [0.4, 0.5) is 5.69 Å². The SMILES string of the molecule is Cc1ccc(C)c(S(=O)(=O)N(CCO)CCO)c1N. The molecule has 0 aliphatic heterocycles. The number of nitrogens with zero attached hydrogens (tertiary/aromatic N) is 1. The highest BCUT2D eigenvalue weighted by molar-refractivity contribution is 7.89. The second-order valence-corrected chi connectivity index (χ2v) is 6.17. The van der Waals surface area contributed by atoms with Gasteiger partial charge in [-0.1, -0.05) is 12.1 Å². The van der Waals surface area contributed by atoms with Gasteiger partial charge in [-0.15, -0.1) is 0 Å². The molecule has 108 valence electrons. The minimum absolute atomic E-state index is 0.0504. The van der Waals surface area contributed by atoms with Crippen molar-refractivity contribution in [3.8, 4) is 0 Å². The minimum atomic E-state index is -3.82. The Morgan fingerprint density at radius 3 is 2.05 bits per heavy atom. The maximum atomic E-state index is 12.5. The number of hydrogen-bond donors (Lipinski definition) is 3. The van der Waals surface area contributed by atoms with Gasteiger partial charge in [0.15, 0.2) is 0 Å². The van der Waals surface area contributed by atoms with Crippen molar-refractivity contribution in [2.45, 2.75) is 18.7 Å². The molecular formula is C12H20N2O4S. The van der Waals surface area contributed by atoms with E-state index in [0.29, 0.717) is 11.1 Å². The zero-order valence-corrected chi connectivity index (χ0v) is 11.9. The maximum Gasteiger partial charge on any atom is 0.245 e. The van der Waals surface area contributed by atoms with Crippen molar-refractivity contribution in [3.63, 3.8) is 0 Å². The van der Waals surface area contributed by atoms with Crippen molar-refractivity contribution in [1.82, 2.24) is 4.31 Å². The molecule has 1 aromatic carbocycles. The summed E-state index contributed by atoms with van der Waals surface area (Å²) in [7, 11) is -3.82. The van der Waals surface area contributed by atoms with Gasteiger partial charge in [0.25, 0.3) is 0 Å². The van der Waals surface area contributed by atoms with E-state index in [1.807, 2.05) is 0 Å². The van der Waals surface area contributed by atoms with Crippen molar-refractivity contribution in [3.05, 3.63) is 23.3 Å². The van der Waals surface area contributed by atoms with Crippen molar-refractivity contribution in [1.29, 1.82) is 0 Å². The van der Waals surface area contributed by atoms with E-state index in [4.69, 9.17) is 15.9 Å². The molecule has 6 nitrogen and oxygen atoms in total. The summed E-state index contributed by atoms with van der Waals surface area (Å²) in [6, 6.07) is 3.45. The van der Waals surface area contributed by atoms with Gasteiger partial charge in [0.05, 0.1) is 18.9 Å². The molecule has 1 rings (SSSR count). The average molecular weight is 288 g/mol. The summed E-state index contributed by atoms with van der Waals surface area (Å²) in [5.41, 5.74) is 7.30. The molecule has 0 amide bonds. The monoisotopic (exact) mass is 288 g/mol. The number of sulfonamides is 1. The van der Waals surface area contributed by atoms with Crippen LogP contribution in [0.2, 0.25) is 0 Å². The van der Waals surface area contributed by atoms with E-state index < -0.39 is 10.0 Å². The van der Waals surface area contributed by atoms with Crippen LogP contribution < -0.4 is 5.73 Å². The van der Waals surface area contributed by atoms with Gasteiger partial charge >= 0.3 is 0 Å². The van der Waals surface area contributed by atoms with Crippen LogP contribution >= 0.6 is 0 Å². The fraction of sp³-hybridized carbons (Fsp3) is 0.500. The maximum absolute atomic E-state index is 12.5. The summed E-state index contributed by atoms with van der Waals surface area (Å²) in [5, 5.41) is 17.9. The summed E-state index contributed by atoms with van der Waals surface area (Å²) >= 11 is 0. The number of rotatable bonds is 6. The highest BCUT2D eigenvalue weighted by Gasteiger charge is 2.28. The van der Waals surface area contributed by atoms with Gasteiger partial charge in [0, 0.05) is 13.1 Å². The third-order valence-electron chi connectivity index (χ3n) is 2.91. The molecule has 0 saturated heterocycles. The summed E-state index contributed by atoms with van der Waals surface area (Å²) < 4.78 is 26.1. The Morgan fingerprint density at radius 1 is 1.11 bits per heavy atom. The molecule has 0 aliphatic rings. The van der Waals surface area contributed by atoms with E-state index >= 15 is 0 Å². The molecule has 4 N–H and O–H groups in total. The number of aliphatic hydroxyl groups excluding tert-OH is 2. The van der Waals surface area contributed by atoms with Crippen molar-refractivity contribution in [2.75, 3.05) is 32.0 Å². The van der Waals surface area contributed by atoms with Gasteiger partial charge in [0.1, 0.15) is 4.90 Å². The molecule has 0 fully saturated rings. The molecule has 0 saturated carbocycles. The number of hydrogen-bond acceptors (Lipinski definition) is 5. The Morgan fingerprint density at radius 2 is 1.58 bits per heavy atom. The normalized spacial score (nSPS) is 12.1. The van der Waals surface area contributed by atoms with E-state index in [-0.39, 0.29) is 36.9 Å². The summed E-state index contributed by atoms with van der Waals surface area (Å²) in [6.07, 6.45) is 0. The van der Waals surface area contributed by atoms with E-state index in [0.717, 1.165) is 4.31 Å². The fourth-order valence-corrected chi connectivity index (χ4v) is 3.67. The molecule has 0 spiro atoms. The van der Waals surface area contributed by atoms with Crippen molar-refractivity contribution < 1.29 is 18.6 Å². The predicted molar refractivity (Wildman–Crippen MR) is 73.3 cm³/mol. The number of aliphatic hydroxyl groups is 2. The van der Waals surface area contributed by atoms with Crippen LogP contribution in [-0.4, -0.2) is 49.2 Å². The largest absolute Gasteiger partial charge is 0.397 e. The smallest absolute Gasteiger partial charge is 0.245 e. The number of nitrogens with two attached hydrogens (primary N) is 1. The van der Waals surface area contributed by atoms with Crippen LogP contribution in [0, 0.1) is 13.8 Å². The molecular weight excluding hydrogens is 268 g/mol. The van der Waals surface area contributed by atoms with Crippen LogP contribution in [0.25, 0.3) is 0 Å². The highest BCUT2D eigenvalue weighted by atomic mass is 32.2. The Kier molecular flexibility index (Phi) is 5.30. The third-order valence-corrected chi connectivity index (χ3v) is 5.01. The van der Waals surface area contributed by atoms with E-state index in [1.54, 1.807) is 26.0 Å². The summed E-state index contributed by atoms with van der Waals surface area (Å²) in [6.45, 7) is 2.62. The van der Waals surface area contributed by atoms with E-state index in [9.17, 15) is 8.42 Å². The predicted octanol–water partition coefficient (Wildman–Crippen LogP) is -0.139. The lowest BCUT2D eigenvalue weighted by Gasteiger charge is -2.23. The number of benzene rings is 1. The molecule has 1 aromatic rings. The van der Waals surface area contributed by atoms with Gasteiger partial charge < -0.3 is 15.9 Å². The van der Waals surface area contributed by atoms with Gasteiger partial charge in [-0.25, -0.2) is 8.42 Å². The first-order valence-corrected chi connectivity index (χ1v) is 7.37. The Balaban J connectivity index is 3.37. The van der Waals surface area contributed by atoms with Gasteiger partial charge in [-0.05, 0) is 25.0 Å². The molecule has 0 aliphatic carbocycles. The molecule has 0 radical (unpaired) electrons. The Labute approximate surface area is 113 Å². The molecule has 0 unspecified atom stereocenters. The fourth-order valence-electron chi connectivity index (χ4n) is 1.85. The topological polar surface area (TPSA) is 104 Å². The van der Waals surface area contributed by atoms with Crippen LogP contribution in [0.15, 0.2) is 17.0 Å². The first kappa shape index (κ1) is 15.9. The van der Waals surface area contributed by atoms with Gasteiger partial charge in [-0.3, -0.25) is 0 Å². The van der Waals surface area contributed by atoms with Gasteiger partial charge in [0.2, 0.25) is 10.0 Å². The van der Waals surface area contributed by atoms with Crippen LogP contribution in [0.1, 0.15) is 11.1 Å². The number of aryl methyl sites for hydroxylation is 2. The lowest BCUT2D eigenvalue weighted by molar-refractivity contribution is 0.217. The number of anilines is 1. The number of nitrogen functional groups attached to an aromatic ring is 1. The average Bonchev–Trinajstić information content (AvgIpc) is 2.34. The zero-order chi connectivity index (χ0) is 14.6. The molecule has 0 atom stereocenters. The standard InChI is InChI=1S/C12H20N2O4S/c1-9-3-4-10(2)12(11(9)13)19(17,18)14(5-7-15)6-8-16/h3-4,15-16H,5-8,13H2,1-2H3. The molecule has 7 heteroatoms. The lowest BCUT2D eigenvalue weighted by atomic mass is 10.1. The second kappa shape index (κ2) is 6.33. The molecule has 19 heavy (non-hydrogen) atoms. The zero-order valence-electron chi connectivity index (χ0n) is 11.1. The van der Waals surface area contributed by atoms with E-state index in [1.165, 1.54) is 0 Å². The Hall–Kier alpha value is -1.15. The third kappa shape index (κ3) is 3.24. The van der Waals surface area contributed by atoms with Crippen LogP contribution in [-0.2, 0) is 10.0 Å². The second-order valence-electron chi connectivity index (χ2n) is 4.29. The minimum Gasteiger partial charge on any atom is -0.397 e. The first-order valence-electron chi connectivity index (χ1n) is 5.93. The highest BCUT2D eigenvalue weighted by Crippen LogP contribution is 2.28. The summed E-state index contributed by atoms with van der Waals surface area (Å²) in [5.74, 6) is 0.